The van der Waals surface area contributed by atoms with Crippen molar-refractivity contribution in [1.82, 2.24) is 9.97 Å². The summed E-state index contributed by atoms with van der Waals surface area (Å²) in [7, 11) is 1.36. The van der Waals surface area contributed by atoms with Crippen LogP contribution in [0.2, 0.25) is 0 Å². The van der Waals surface area contributed by atoms with Gasteiger partial charge in [0.1, 0.15) is 5.82 Å². The molecule has 1 heterocycles. The monoisotopic (exact) mass is 376 g/mol. The van der Waals surface area contributed by atoms with Gasteiger partial charge in [-0.15, -0.1) is 0 Å². The lowest BCUT2D eigenvalue weighted by molar-refractivity contribution is 0.0602. The fourth-order valence-electron chi connectivity index (χ4n) is 2.96. The lowest BCUT2D eigenvalue weighted by atomic mass is 9.98. The molecule has 0 spiro atoms. The highest BCUT2D eigenvalue weighted by molar-refractivity contribution is 5.96. The molecule has 1 aromatic heterocycles. The van der Waals surface area contributed by atoms with Gasteiger partial charge in [0.2, 0.25) is 5.95 Å². The van der Waals surface area contributed by atoms with Crippen LogP contribution in [0.1, 0.15) is 41.3 Å². The second-order valence-electron chi connectivity index (χ2n) is 6.75. The van der Waals surface area contributed by atoms with Crippen molar-refractivity contribution in [2.75, 3.05) is 17.7 Å². The molecule has 3 rings (SSSR count). The Balaban J connectivity index is 1.88. The molecule has 0 aliphatic rings. The summed E-state index contributed by atoms with van der Waals surface area (Å²) in [6.07, 6.45) is 1.67. The molecule has 0 aliphatic carbocycles. The average Bonchev–Trinajstić information content (AvgIpc) is 2.69. The van der Waals surface area contributed by atoms with Crippen LogP contribution in [0.25, 0.3) is 0 Å². The minimum Gasteiger partial charge on any atom is -0.465 e. The second-order valence-corrected chi connectivity index (χ2v) is 6.75. The Labute approximate surface area is 165 Å². The van der Waals surface area contributed by atoms with Gasteiger partial charge < -0.3 is 15.4 Å². The molecule has 144 valence electrons. The van der Waals surface area contributed by atoms with Crippen LogP contribution < -0.4 is 10.6 Å². The molecular weight excluding hydrogens is 352 g/mol. The maximum Gasteiger partial charge on any atom is 0.339 e. The van der Waals surface area contributed by atoms with Crippen molar-refractivity contribution >= 4 is 29.1 Å². The van der Waals surface area contributed by atoms with E-state index < -0.39 is 5.97 Å². The molecule has 6 heteroatoms. The van der Waals surface area contributed by atoms with Gasteiger partial charge in [0, 0.05) is 11.9 Å². The van der Waals surface area contributed by atoms with E-state index in [-0.39, 0.29) is 0 Å². The number of hydrogen-bond acceptors (Lipinski definition) is 6. The second kappa shape index (κ2) is 8.52. The Hall–Kier alpha value is -3.41. The van der Waals surface area contributed by atoms with E-state index in [1.807, 2.05) is 12.1 Å². The number of carbonyl (C=O) groups excluding carboxylic acids is 1. The molecule has 0 unspecified atom stereocenters. The van der Waals surface area contributed by atoms with Crippen LogP contribution in [-0.2, 0) is 4.74 Å². The Morgan fingerprint density at radius 1 is 1.04 bits per heavy atom. The summed E-state index contributed by atoms with van der Waals surface area (Å²) in [5.74, 6) is 1.03. The van der Waals surface area contributed by atoms with Crippen molar-refractivity contribution in [1.29, 1.82) is 0 Å². The van der Waals surface area contributed by atoms with Gasteiger partial charge in [-0.2, -0.15) is 4.98 Å². The summed E-state index contributed by atoms with van der Waals surface area (Å²) in [6, 6.07) is 15.2. The van der Waals surface area contributed by atoms with Crippen LogP contribution in [0.4, 0.5) is 23.1 Å². The van der Waals surface area contributed by atoms with Crippen LogP contribution in [0.3, 0.4) is 0 Å². The Morgan fingerprint density at radius 3 is 2.57 bits per heavy atom. The Kier molecular flexibility index (Phi) is 5.89. The van der Waals surface area contributed by atoms with E-state index in [0.717, 1.165) is 11.3 Å². The molecule has 0 bridgehead atoms. The Bertz CT molecular complexity index is 986. The molecule has 0 saturated carbocycles. The minimum absolute atomic E-state index is 0.383. The number of methoxy groups -OCH3 is 1. The number of benzene rings is 2. The summed E-state index contributed by atoms with van der Waals surface area (Å²) >= 11 is 0. The fourth-order valence-corrected chi connectivity index (χ4v) is 2.96. The van der Waals surface area contributed by atoms with Crippen LogP contribution in [0.5, 0.6) is 0 Å². The van der Waals surface area contributed by atoms with Crippen molar-refractivity contribution in [3.63, 3.8) is 0 Å². The predicted molar refractivity (Wildman–Crippen MR) is 112 cm³/mol. The van der Waals surface area contributed by atoms with Gasteiger partial charge in [0.25, 0.3) is 0 Å². The van der Waals surface area contributed by atoms with E-state index in [0.29, 0.717) is 28.9 Å². The highest BCUT2D eigenvalue weighted by Gasteiger charge is 2.13. The fraction of sp³-hybridized carbons (Fsp3) is 0.227. The van der Waals surface area contributed by atoms with Gasteiger partial charge in [-0.1, -0.05) is 44.2 Å². The maximum absolute atomic E-state index is 12.0. The van der Waals surface area contributed by atoms with Gasteiger partial charge in [-0.3, -0.25) is 0 Å². The quantitative estimate of drug-likeness (QED) is 0.577. The lowest BCUT2D eigenvalue weighted by Crippen LogP contribution is -2.07. The topological polar surface area (TPSA) is 76.1 Å². The van der Waals surface area contributed by atoms with Crippen molar-refractivity contribution in [3.8, 4) is 0 Å². The van der Waals surface area contributed by atoms with E-state index >= 15 is 0 Å². The third-order valence-electron chi connectivity index (χ3n) is 4.41. The minimum atomic E-state index is -0.418. The first-order valence-electron chi connectivity index (χ1n) is 9.13. The first-order valence-corrected chi connectivity index (χ1v) is 9.13. The molecule has 0 radical (unpaired) electrons. The third kappa shape index (κ3) is 4.28. The smallest absolute Gasteiger partial charge is 0.339 e. The molecule has 28 heavy (non-hydrogen) atoms. The van der Waals surface area contributed by atoms with E-state index in [1.54, 1.807) is 24.4 Å². The number of nitrogens with zero attached hydrogens (tertiary/aromatic N) is 2. The van der Waals surface area contributed by atoms with Crippen LogP contribution >= 0.6 is 0 Å². The summed E-state index contributed by atoms with van der Waals surface area (Å²) in [6.45, 7) is 6.40. The molecule has 0 fully saturated rings. The molecule has 0 aliphatic heterocycles. The number of hydrogen-bond donors (Lipinski definition) is 2. The lowest BCUT2D eigenvalue weighted by Gasteiger charge is -2.17. The highest BCUT2D eigenvalue weighted by Crippen LogP contribution is 2.30. The number of carbonyl (C=O) groups is 1. The van der Waals surface area contributed by atoms with E-state index in [2.05, 4.69) is 59.6 Å². The number of nitrogens with one attached hydrogen (secondary N) is 2. The molecule has 0 saturated heterocycles. The zero-order valence-corrected chi connectivity index (χ0v) is 16.5. The summed E-state index contributed by atoms with van der Waals surface area (Å²) in [5.41, 5.74) is 4.44. The van der Waals surface area contributed by atoms with Gasteiger partial charge in [0.05, 0.1) is 18.4 Å². The normalized spacial score (nSPS) is 10.6. The number of anilines is 4. The van der Waals surface area contributed by atoms with Crippen LogP contribution in [-0.4, -0.2) is 23.0 Å². The third-order valence-corrected chi connectivity index (χ3v) is 4.41. The van der Waals surface area contributed by atoms with Crippen molar-refractivity contribution in [3.05, 3.63) is 71.4 Å². The molecular formula is C22H24N4O2. The standard InChI is InChI=1S/C22H24N4O2/c1-14(2)16-10-7-8-15(3)20(16)25-19-12-13-23-22(26-19)24-18-11-6-5-9-17(18)21(27)28-4/h5-14H,1-4H3,(H2,23,24,25,26). The zero-order chi connectivity index (χ0) is 20.1. The van der Waals surface area contributed by atoms with Gasteiger partial charge in [-0.25, -0.2) is 9.78 Å². The molecule has 2 aromatic carbocycles. The molecule has 0 amide bonds. The van der Waals surface area contributed by atoms with E-state index in [4.69, 9.17) is 4.74 Å². The number of aromatic nitrogens is 2. The van der Waals surface area contributed by atoms with Gasteiger partial charge >= 0.3 is 5.97 Å². The SMILES string of the molecule is COC(=O)c1ccccc1Nc1nccc(Nc2c(C)cccc2C(C)C)n1. The predicted octanol–water partition coefficient (Wildman–Crippen LogP) is 5.18. The van der Waals surface area contributed by atoms with Crippen LogP contribution in [0.15, 0.2) is 54.7 Å². The van der Waals surface area contributed by atoms with Crippen molar-refractivity contribution in [2.45, 2.75) is 26.7 Å². The molecule has 3 aromatic rings. The molecule has 2 N–H and O–H groups in total. The van der Waals surface area contributed by atoms with Crippen molar-refractivity contribution in [2.24, 2.45) is 0 Å². The van der Waals surface area contributed by atoms with E-state index in [9.17, 15) is 4.79 Å². The number of aryl methyl sites for hydroxylation is 1. The number of ether oxygens (including phenoxy) is 1. The highest BCUT2D eigenvalue weighted by atomic mass is 16.5. The maximum atomic E-state index is 12.0. The summed E-state index contributed by atoms with van der Waals surface area (Å²) in [5, 5.41) is 6.52. The number of para-hydroxylation sites is 2. The van der Waals surface area contributed by atoms with Gasteiger partial charge in [-0.05, 0) is 42.2 Å². The van der Waals surface area contributed by atoms with Crippen molar-refractivity contribution < 1.29 is 9.53 Å². The van der Waals surface area contributed by atoms with Gasteiger partial charge in [0.15, 0.2) is 0 Å². The first-order chi connectivity index (χ1) is 13.5. The summed E-state index contributed by atoms with van der Waals surface area (Å²) < 4.78 is 4.83. The summed E-state index contributed by atoms with van der Waals surface area (Å²) in [4.78, 5) is 20.8. The first kappa shape index (κ1) is 19.4. The zero-order valence-electron chi connectivity index (χ0n) is 16.5. The van der Waals surface area contributed by atoms with Crippen LogP contribution in [0, 0.1) is 6.92 Å². The molecule has 6 nitrogen and oxygen atoms in total. The average molecular weight is 376 g/mol. The number of rotatable bonds is 6. The number of esters is 1. The largest absolute Gasteiger partial charge is 0.465 e. The Morgan fingerprint density at radius 2 is 1.82 bits per heavy atom. The van der Waals surface area contributed by atoms with E-state index in [1.165, 1.54) is 12.7 Å². The molecule has 0 atom stereocenters.